The highest BCUT2D eigenvalue weighted by Gasteiger charge is 2.31. The Balaban J connectivity index is 1.69. The van der Waals surface area contributed by atoms with Crippen molar-refractivity contribution in [3.63, 3.8) is 0 Å². The molecule has 150 valence electrons. The number of fused-ring (bicyclic) bond motifs is 1. The van der Waals surface area contributed by atoms with Gasteiger partial charge in [-0.25, -0.2) is 4.79 Å². The standard InChI is InChI=1S/C19H31N5O3/c1-4-13(2)21-19(26)23-8-5-14(6-9-23)18-15-12-27-10-7-16(15)24(22-18)11-17(25)20-3/h13-14H,4-12H2,1-3H3,(H,20,25)(H,21,26). The molecular formula is C19H31N5O3. The Labute approximate surface area is 160 Å². The normalized spacial score (nSPS) is 18.7. The van der Waals surface area contributed by atoms with Crippen LogP contribution in [0.15, 0.2) is 0 Å². The average Bonchev–Trinajstić information content (AvgIpc) is 3.06. The highest BCUT2D eigenvalue weighted by Crippen LogP contribution is 2.33. The first-order valence-electron chi connectivity index (χ1n) is 9.95. The van der Waals surface area contributed by atoms with Crippen LogP contribution in [-0.2, 0) is 29.1 Å². The Kier molecular flexibility index (Phi) is 6.36. The third-order valence-corrected chi connectivity index (χ3v) is 5.65. The predicted molar refractivity (Wildman–Crippen MR) is 101 cm³/mol. The molecule has 1 saturated heterocycles. The highest BCUT2D eigenvalue weighted by atomic mass is 16.5. The van der Waals surface area contributed by atoms with Gasteiger partial charge in [-0.3, -0.25) is 9.48 Å². The number of aromatic nitrogens is 2. The second-order valence-corrected chi connectivity index (χ2v) is 7.46. The molecule has 1 aromatic rings. The van der Waals surface area contributed by atoms with Gasteiger partial charge in [-0.05, 0) is 26.2 Å². The Morgan fingerprint density at radius 2 is 2.07 bits per heavy atom. The number of nitrogens with one attached hydrogen (secondary N) is 2. The van der Waals surface area contributed by atoms with E-state index in [1.54, 1.807) is 7.05 Å². The molecule has 3 rings (SSSR count). The van der Waals surface area contributed by atoms with Crippen molar-refractivity contribution < 1.29 is 14.3 Å². The van der Waals surface area contributed by atoms with Crippen molar-refractivity contribution in [1.29, 1.82) is 0 Å². The number of urea groups is 1. The molecule has 3 heterocycles. The summed E-state index contributed by atoms with van der Waals surface area (Å²) in [7, 11) is 1.64. The molecule has 8 nitrogen and oxygen atoms in total. The van der Waals surface area contributed by atoms with Crippen LogP contribution in [0.25, 0.3) is 0 Å². The molecule has 1 aromatic heterocycles. The number of ether oxygens (including phenoxy) is 1. The molecule has 1 fully saturated rings. The van der Waals surface area contributed by atoms with Crippen LogP contribution in [0.3, 0.4) is 0 Å². The van der Waals surface area contributed by atoms with Crippen LogP contribution in [-0.4, -0.2) is 59.4 Å². The number of hydrogen-bond donors (Lipinski definition) is 2. The Morgan fingerprint density at radius 3 is 2.74 bits per heavy atom. The zero-order chi connectivity index (χ0) is 19.4. The van der Waals surface area contributed by atoms with E-state index in [0.717, 1.165) is 55.7 Å². The van der Waals surface area contributed by atoms with E-state index in [1.807, 2.05) is 16.5 Å². The van der Waals surface area contributed by atoms with Crippen LogP contribution in [0.1, 0.15) is 56.0 Å². The first-order chi connectivity index (χ1) is 13.0. The summed E-state index contributed by atoms with van der Waals surface area (Å²) in [6.07, 6.45) is 3.49. The van der Waals surface area contributed by atoms with Crippen molar-refractivity contribution in [1.82, 2.24) is 25.3 Å². The van der Waals surface area contributed by atoms with Crippen LogP contribution < -0.4 is 10.6 Å². The maximum absolute atomic E-state index is 12.3. The smallest absolute Gasteiger partial charge is 0.317 e. The number of likely N-dealkylation sites (N-methyl/N-ethyl adjacent to an activating group) is 1. The summed E-state index contributed by atoms with van der Waals surface area (Å²) in [5.74, 6) is 0.258. The van der Waals surface area contributed by atoms with Gasteiger partial charge in [0.25, 0.3) is 0 Å². The molecule has 2 aliphatic rings. The van der Waals surface area contributed by atoms with E-state index < -0.39 is 0 Å². The van der Waals surface area contributed by atoms with E-state index in [0.29, 0.717) is 19.1 Å². The summed E-state index contributed by atoms with van der Waals surface area (Å²) in [4.78, 5) is 26.1. The Bertz CT molecular complexity index is 679. The molecule has 1 atom stereocenters. The van der Waals surface area contributed by atoms with Crippen LogP contribution >= 0.6 is 0 Å². The quantitative estimate of drug-likeness (QED) is 0.812. The van der Waals surface area contributed by atoms with E-state index in [-0.39, 0.29) is 24.5 Å². The fraction of sp³-hybridized carbons (Fsp3) is 0.737. The summed E-state index contributed by atoms with van der Waals surface area (Å²) >= 11 is 0. The summed E-state index contributed by atoms with van der Waals surface area (Å²) < 4.78 is 7.50. The van der Waals surface area contributed by atoms with Crippen molar-refractivity contribution >= 4 is 11.9 Å². The fourth-order valence-corrected chi connectivity index (χ4v) is 3.77. The lowest BCUT2D eigenvalue weighted by Gasteiger charge is -2.32. The van der Waals surface area contributed by atoms with Crippen LogP contribution in [0.2, 0.25) is 0 Å². The molecule has 1 unspecified atom stereocenters. The molecule has 0 aromatic carbocycles. The minimum absolute atomic E-state index is 0.0262. The van der Waals surface area contributed by atoms with Gasteiger partial charge in [0.15, 0.2) is 0 Å². The van der Waals surface area contributed by atoms with Gasteiger partial charge in [-0.1, -0.05) is 6.92 Å². The first kappa shape index (κ1) is 19.7. The number of likely N-dealkylation sites (tertiary alicyclic amines) is 1. The van der Waals surface area contributed by atoms with Gasteiger partial charge in [0.1, 0.15) is 6.54 Å². The SMILES string of the molecule is CCC(C)NC(=O)N1CCC(c2nn(CC(=O)NC)c3c2COCC3)CC1. The topological polar surface area (TPSA) is 88.5 Å². The summed E-state index contributed by atoms with van der Waals surface area (Å²) in [6.45, 7) is 7.02. The van der Waals surface area contributed by atoms with Gasteiger partial charge in [-0.2, -0.15) is 5.10 Å². The lowest BCUT2D eigenvalue weighted by atomic mass is 9.90. The van der Waals surface area contributed by atoms with Crippen molar-refractivity contribution in [3.05, 3.63) is 17.0 Å². The molecule has 3 amide bonds. The number of hydrogen-bond acceptors (Lipinski definition) is 4. The lowest BCUT2D eigenvalue weighted by Crippen LogP contribution is -2.46. The molecule has 0 aliphatic carbocycles. The zero-order valence-electron chi connectivity index (χ0n) is 16.6. The maximum Gasteiger partial charge on any atom is 0.317 e. The van der Waals surface area contributed by atoms with E-state index in [4.69, 9.17) is 9.84 Å². The predicted octanol–water partition coefficient (Wildman–Crippen LogP) is 1.39. The second-order valence-electron chi connectivity index (χ2n) is 7.46. The zero-order valence-corrected chi connectivity index (χ0v) is 16.6. The molecule has 2 aliphatic heterocycles. The van der Waals surface area contributed by atoms with Crippen LogP contribution in [0.5, 0.6) is 0 Å². The molecule has 0 spiro atoms. The van der Waals surface area contributed by atoms with Crippen LogP contribution in [0.4, 0.5) is 4.79 Å². The third kappa shape index (κ3) is 4.43. The van der Waals surface area contributed by atoms with E-state index in [1.165, 1.54) is 0 Å². The van der Waals surface area contributed by atoms with E-state index in [2.05, 4.69) is 17.6 Å². The Hall–Kier alpha value is -2.09. The minimum Gasteiger partial charge on any atom is -0.376 e. The van der Waals surface area contributed by atoms with Crippen molar-refractivity contribution in [2.45, 2.75) is 64.6 Å². The third-order valence-electron chi connectivity index (χ3n) is 5.65. The molecular weight excluding hydrogens is 346 g/mol. The minimum atomic E-state index is -0.0464. The second kappa shape index (κ2) is 8.73. The van der Waals surface area contributed by atoms with Gasteiger partial charge in [0.2, 0.25) is 5.91 Å². The molecule has 0 radical (unpaired) electrons. The Morgan fingerprint density at radius 1 is 1.33 bits per heavy atom. The summed E-state index contributed by atoms with van der Waals surface area (Å²) in [6, 6.07) is 0.220. The first-order valence-corrected chi connectivity index (χ1v) is 9.95. The van der Waals surface area contributed by atoms with Gasteiger partial charge in [0, 0.05) is 49.8 Å². The number of amides is 3. The monoisotopic (exact) mass is 377 g/mol. The maximum atomic E-state index is 12.3. The van der Waals surface area contributed by atoms with Crippen LogP contribution in [0, 0.1) is 0 Å². The summed E-state index contributed by atoms with van der Waals surface area (Å²) in [5.41, 5.74) is 3.32. The molecule has 8 heteroatoms. The number of carbonyl (C=O) groups excluding carboxylic acids is 2. The van der Waals surface area contributed by atoms with Gasteiger partial charge in [-0.15, -0.1) is 0 Å². The molecule has 0 bridgehead atoms. The van der Waals surface area contributed by atoms with E-state index in [9.17, 15) is 9.59 Å². The number of rotatable bonds is 5. The molecule has 2 N–H and O–H groups in total. The van der Waals surface area contributed by atoms with Gasteiger partial charge < -0.3 is 20.3 Å². The van der Waals surface area contributed by atoms with Gasteiger partial charge >= 0.3 is 6.03 Å². The highest BCUT2D eigenvalue weighted by molar-refractivity contribution is 5.75. The number of nitrogens with zero attached hydrogens (tertiary/aromatic N) is 3. The fourth-order valence-electron chi connectivity index (χ4n) is 3.77. The lowest BCUT2D eigenvalue weighted by molar-refractivity contribution is -0.121. The average molecular weight is 377 g/mol. The van der Waals surface area contributed by atoms with Crippen molar-refractivity contribution in [2.24, 2.45) is 0 Å². The largest absolute Gasteiger partial charge is 0.376 e. The molecule has 0 saturated carbocycles. The molecule has 27 heavy (non-hydrogen) atoms. The van der Waals surface area contributed by atoms with Gasteiger partial charge in [0.05, 0.1) is 18.9 Å². The summed E-state index contributed by atoms with van der Waals surface area (Å²) in [5, 5.41) is 10.5. The number of piperidine rings is 1. The van der Waals surface area contributed by atoms with Crippen molar-refractivity contribution in [2.75, 3.05) is 26.7 Å². The van der Waals surface area contributed by atoms with E-state index >= 15 is 0 Å². The number of carbonyl (C=O) groups is 2. The van der Waals surface area contributed by atoms with Crippen molar-refractivity contribution in [3.8, 4) is 0 Å².